The van der Waals surface area contributed by atoms with Crippen molar-refractivity contribution in [3.63, 3.8) is 0 Å². The van der Waals surface area contributed by atoms with Crippen LogP contribution in [0.2, 0.25) is 0 Å². The van der Waals surface area contributed by atoms with Crippen molar-refractivity contribution in [3.05, 3.63) is 48.1 Å². The van der Waals surface area contributed by atoms with Crippen LogP contribution in [0, 0.1) is 0 Å². The third kappa shape index (κ3) is 3.83. The van der Waals surface area contributed by atoms with E-state index in [-0.39, 0.29) is 22.4 Å². The molecule has 1 N–H and O–H groups in total. The lowest BCUT2D eigenvalue weighted by atomic mass is 9.78. The molecule has 0 unspecified atom stereocenters. The van der Waals surface area contributed by atoms with E-state index in [1.807, 2.05) is 65.3 Å². The van der Waals surface area contributed by atoms with Crippen LogP contribution in [0.25, 0.3) is 0 Å². The summed E-state index contributed by atoms with van der Waals surface area (Å²) in [5, 5.41) is 10.9. The van der Waals surface area contributed by atoms with Gasteiger partial charge in [0.05, 0.1) is 14.6 Å². The van der Waals surface area contributed by atoms with Gasteiger partial charge in [0.15, 0.2) is 5.78 Å². The van der Waals surface area contributed by atoms with Crippen LogP contribution in [0.5, 0.6) is 5.75 Å². The molecule has 0 atom stereocenters. The zero-order valence-electron chi connectivity index (χ0n) is 16.1. The van der Waals surface area contributed by atoms with Crippen molar-refractivity contribution in [1.29, 1.82) is 0 Å². The van der Waals surface area contributed by atoms with Gasteiger partial charge < -0.3 is 9.67 Å². The molecule has 26 heavy (non-hydrogen) atoms. The van der Waals surface area contributed by atoms with Crippen molar-refractivity contribution < 1.29 is 9.90 Å². The molecule has 0 aliphatic carbocycles. The van der Waals surface area contributed by atoms with E-state index >= 15 is 0 Å². The first kappa shape index (κ1) is 21.7. The number of benzene rings is 1. The lowest BCUT2D eigenvalue weighted by Gasteiger charge is -2.28. The SMILES string of the molecule is Cn1c(Br)c(Br)c(C(=O)c2cc(C(C)(C)C)c(O)c(C(C)(C)C)c2)c1Br. The van der Waals surface area contributed by atoms with Crippen LogP contribution < -0.4 is 0 Å². The van der Waals surface area contributed by atoms with E-state index in [1.54, 1.807) is 0 Å². The summed E-state index contributed by atoms with van der Waals surface area (Å²) in [6.45, 7) is 12.2. The predicted molar refractivity (Wildman–Crippen MR) is 117 cm³/mol. The Kier molecular flexibility index (Phi) is 5.93. The minimum Gasteiger partial charge on any atom is -0.507 e. The Hall–Kier alpha value is -0.590. The molecule has 0 saturated carbocycles. The van der Waals surface area contributed by atoms with Crippen LogP contribution in [0.3, 0.4) is 0 Å². The Balaban J connectivity index is 2.79. The minimum atomic E-state index is -0.286. The maximum absolute atomic E-state index is 13.3. The molecule has 0 radical (unpaired) electrons. The number of hydrogen-bond acceptors (Lipinski definition) is 2. The van der Waals surface area contributed by atoms with Crippen molar-refractivity contribution in [2.24, 2.45) is 7.05 Å². The lowest BCUT2D eigenvalue weighted by molar-refractivity contribution is 0.103. The molecule has 142 valence electrons. The first-order valence-corrected chi connectivity index (χ1v) is 10.7. The maximum atomic E-state index is 13.3. The van der Waals surface area contributed by atoms with Gasteiger partial charge in [0, 0.05) is 23.7 Å². The third-order valence-electron chi connectivity index (χ3n) is 4.41. The normalized spacial score (nSPS) is 12.5. The second-order valence-electron chi connectivity index (χ2n) is 8.58. The summed E-state index contributed by atoms with van der Waals surface area (Å²) in [7, 11) is 1.87. The Bertz CT molecular complexity index is 823. The number of ketones is 1. The molecule has 0 saturated heterocycles. The fraction of sp³-hybridized carbons (Fsp3) is 0.450. The fourth-order valence-corrected chi connectivity index (χ4v) is 4.91. The molecule has 2 aromatic rings. The number of carbonyl (C=O) groups is 1. The Morgan fingerprint density at radius 1 is 0.923 bits per heavy atom. The number of rotatable bonds is 2. The van der Waals surface area contributed by atoms with Gasteiger partial charge in [-0.25, -0.2) is 0 Å². The largest absolute Gasteiger partial charge is 0.507 e. The van der Waals surface area contributed by atoms with Crippen molar-refractivity contribution in [3.8, 4) is 5.75 Å². The minimum absolute atomic E-state index is 0.0963. The number of carbonyl (C=O) groups excluding carboxylic acids is 1. The summed E-state index contributed by atoms with van der Waals surface area (Å²) in [4.78, 5) is 13.3. The van der Waals surface area contributed by atoms with Gasteiger partial charge >= 0.3 is 0 Å². The predicted octanol–water partition coefficient (Wildman–Crippen LogP) is 6.84. The smallest absolute Gasteiger partial charge is 0.196 e. The molecule has 1 aromatic carbocycles. The quantitative estimate of drug-likeness (QED) is 0.416. The topological polar surface area (TPSA) is 42.2 Å². The lowest BCUT2D eigenvalue weighted by Crippen LogP contribution is -2.19. The molecular formula is C20H24Br3NO2. The summed E-state index contributed by atoms with van der Waals surface area (Å²) in [6.07, 6.45) is 0. The first-order valence-electron chi connectivity index (χ1n) is 8.29. The van der Waals surface area contributed by atoms with Crippen LogP contribution in [0.15, 0.2) is 25.8 Å². The molecule has 6 heteroatoms. The van der Waals surface area contributed by atoms with Crippen molar-refractivity contribution in [2.45, 2.75) is 52.4 Å². The molecule has 0 fully saturated rings. The van der Waals surface area contributed by atoms with Gasteiger partial charge in [-0.3, -0.25) is 4.79 Å². The monoisotopic (exact) mass is 547 g/mol. The van der Waals surface area contributed by atoms with Gasteiger partial charge in [0.25, 0.3) is 0 Å². The number of hydrogen-bond donors (Lipinski definition) is 1. The molecule has 0 spiro atoms. The van der Waals surface area contributed by atoms with Gasteiger partial charge in [0.2, 0.25) is 0 Å². The van der Waals surface area contributed by atoms with Crippen molar-refractivity contribution in [1.82, 2.24) is 4.57 Å². The van der Waals surface area contributed by atoms with Gasteiger partial charge in [0.1, 0.15) is 10.4 Å². The van der Waals surface area contributed by atoms with E-state index in [1.165, 1.54) is 0 Å². The van der Waals surface area contributed by atoms with Crippen LogP contribution >= 0.6 is 47.8 Å². The van der Waals surface area contributed by atoms with Gasteiger partial charge in [-0.05, 0) is 70.8 Å². The molecule has 2 rings (SSSR count). The summed E-state index contributed by atoms with van der Waals surface area (Å²) in [6, 6.07) is 3.62. The number of aromatic hydroxyl groups is 1. The third-order valence-corrected chi connectivity index (χ3v) is 7.57. The molecule has 0 aliphatic rings. The number of phenolic OH excluding ortho intramolecular Hbond substituents is 1. The summed E-state index contributed by atoms with van der Waals surface area (Å²) >= 11 is 10.5. The second-order valence-corrected chi connectivity index (χ2v) is 10.9. The van der Waals surface area contributed by atoms with Crippen LogP contribution in [-0.2, 0) is 17.9 Å². The number of halogens is 3. The molecular weight excluding hydrogens is 526 g/mol. The number of nitrogens with zero attached hydrogens (tertiary/aromatic N) is 1. The highest BCUT2D eigenvalue weighted by molar-refractivity contribution is 9.13. The van der Waals surface area contributed by atoms with E-state index in [0.29, 0.717) is 20.2 Å². The van der Waals surface area contributed by atoms with E-state index < -0.39 is 0 Å². The zero-order chi connectivity index (χ0) is 20.2. The van der Waals surface area contributed by atoms with E-state index in [4.69, 9.17) is 0 Å². The molecule has 1 heterocycles. The van der Waals surface area contributed by atoms with Gasteiger partial charge in [-0.15, -0.1) is 0 Å². The fourth-order valence-electron chi connectivity index (χ4n) is 2.84. The second kappa shape index (κ2) is 7.10. The average molecular weight is 550 g/mol. The van der Waals surface area contributed by atoms with E-state index in [0.717, 1.165) is 15.7 Å². The van der Waals surface area contributed by atoms with E-state index in [9.17, 15) is 9.90 Å². The number of aromatic nitrogens is 1. The molecule has 0 bridgehead atoms. The van der Waals surface area contributed by atoms with Crippen LogP contribution in [-0.4, -0.2) is 15.5 Å². The van der Waals surface area contributed by atoms with Gasteiger partial charge in [-0.2, -0.15) is 0 Å². The molecule has 1 aromatic heterocycles. The maximum Gasteiger partial charge on any atom is 0.196 e. The van der Waals surface area contributed by atoms with Gasteiger partial charge in [-0.1, -0.05) is 41.5 Å². The van der Waals surface area contributed by atoms with Crippen molar-refractivity contribution in [2.75, 3.05) is 0 Å². The highest BCUT2D eigenvalue weighted by Crippen LogP contribution is 2.42. The molecule has 0 aliphatic heterocycles. The highest BCUT2D eigenvalue weighted by atomic mass is 79.9. The summed E-state index contributed by atoms with van der Waals surface area (Å²) < 4.78 is 4.05. The Morgan fingerprint density at radius 3 is 1.65 bits per heavy atom. The first-order chi connectivity index (χ1) is 11.7. The summed E-state index contributed by atoms with van der Waals surface area (Å²) in [5.41, 5.74) is 2.10. The highest BCUT2D eigenvalue weighted by Gasteiger charge is 2.30. The zero-order valence-corrected chi connectivity index (χ0v) is 20.8. The summed E-state index contributed by atoms with van der Waals surface area (Å²) in [5.74, 6) is 0.176. The standard InChI is InChI=1S/C20H24Br3NO2/c1-19(2,3)11-8-10(9-12(16(11)26)20(4,5)6)15(25)13-14(21)18(23)24(7)17(13)22/h8-9,26H,1-7H3. The Labute approximate surface area is 180 Å². The van der Waals surface area contributed by atoms with Crippen LogP contribution in [0.1, 0.15) is 68.6 Å². The van der Waals surface area contributed by atoms with E-state index in [2.05, 4.69) is 47.8 Å². The van der Waals surface area contributed by atoms with Crippen molar-refractivity contribution >= 4 is 53.6 Å². The van der Waals surface area contributed by atoms with Crippen LogP contribution in [0.4, 0.5) is 0 Å². The number of phenols is 1. The molecule has 0 amide bonds. The Morgan fingerprint density at radius 2 is 1.35 bits per heavy atom. The average Bonchev–Trinajstić information content (AvgIpc) is 2.68. The molecule has 3 nitrogen and oxygen atoms in total.